The molecule has 1 aliphatic rings. The monoisotopic (exact) mass is 378 g/mol. The van der Waals surface area contributed by atoms with Crippen LogP contribution in [0.5, 0.6) is 5.75 Å². The fourth-order valence-corrected chi connectivity index (χ4v) is 4.10. The van der Waals surface area contributed by atoms with E-state index in [0.29, 0.717) is 0 Å². The molecular weight excluding hydrogens is 348 g/mol. The number of hydrogen-bond acceptors (Lipinski definition) is 3. The van der Waals surface area contributed by atoms with Crippen LogP contribution in [-0.2, 0) is 10.3 Å². The Morgan fingerprint density at radius 2 is 1.86 bits per heavy atom. The van der Waals surface area contributed by atoms with Gasteiger partial charge in [0.2, 0.25) is 5.91 Å². The van der Waals surface area contributed by atoms with Gasteiger partial charge in [-0.2, -0.15) is 0 Å². The lowest BCUT2D eigenvalue weighted by Gasteiger charge is -2.47. The van der Waals surface area contributed by atoms with Gasteiger partial charge < -0.3 is 15.0 Å². The Kier molecular flexibility index (Phi) is 5.78. The summed E-state index contributed by atoms with van der Waals surface area (Å²) in [5.74, 6) is 1.74. The average Bonchev–Trinajstić information content (AvgIpc) is 2.74. The van der Waals surface area contributed by atoms with E-state index in [2.05, 4.69) is 49.5 Å². The fraction of sp³-hybridized carbons (Fsp3) is 0.375. The molecule has 2 aromatic carbocycles. The second-order valence-corrected chi connectivity index (χ2v) is 7.55. The predicted octanol–water partition coefficient (Wildman–Crippen LogP) is 4.92. The third-order valence-electron chi connectivity index (χ3n) is 5.79. The van der Waals surface area contributed by atoms with Crippen LogP contribution >= 0.6 is 0 Å². The number of carbonyl (C=O) groups is 1. The first-order valence-electron chi connectivity index (χ1n) is 9.91. The molecule has 2 atom stereocenters. The van der Waals surface area contributed by atoms with Crippen LogP contribution in [0.4, 0.5) is 0 Å². The van der Waals surface area contributed by atoms with Crippen LogP contribution in [0.25, 0.3) is 11.1 Å². The molecule has 0 aliphatic carbocycles. The van der Waals surface area contributed by atoms with E-state index >= 15 is 0 Å². The van der Waals surface area contributed by atoms with Crippen LogP contribution < -0.4 is 10.1 Å². The van der Waals surface area contributed by atoms with Crippen LogP contribution in [0.1, 0.15) is 39.2 Å². The van der Waals surface area contributed by atoms with E-state index in [1.807, 2.05) is 38.2 Å². The van der Waals surface area contributed by atoms with E-state index < -0.39 is 5.54 Å². The van der Waals surface area contributed by atoms with E-state index in [9.17, 15) is 4.79 Å². The summed E-state index contributed by atoms with van der Waals surface area (Å²) in [6.07, 6.45) is 3.76. The molecule has 0 saturated carbocycles. The number of nitrogens with zero attached hydrogens (tertiary/aromatic N) is 1. The minimum absolute atomic E-state index is 0.119. The molecule has 0 unspecified atom stereocenters. The molecule has 1 heterocycles. The van der Waals surface area contributed by atoms with Crippen molar-refractivity contribution >= 4 is 5.91 Å². The molecule has 4 nitrogen and oxygen atoms in total. The molecule has 4 heteroatoms. The number of methoxy groups -OCH3 is 1. The number of amides is 1. The van der Waals surface area contributed by atoms with Gasteiger partial charge in [-0.15, -0.1) is 0 Å². The number of rotatable bonds is 5. The normalized spacial score (nSPS) is 23.6. The molecule has 2 aromatic rings. The quantitative estimate of drug-likeness (QED) is 0.803. The van der Waals surface area contributed by atoms with Crippen LogP contribution in [0.15, 0.2) is 60.4 Å². The molecule has 1 N–H and O–H groups in total. The summed E-state index contributed by atoms with van der Waals surface area (Å²) < 4.78 is 5.38. The topological polar surface area (TPSA) is 41.6 Å². The molecule has 0 spiro atoms. The smallest absolute Gasteiger partial charge is 0.233 e. The van der Waals surface area contributed by atoms with E-state index in [4.69, 9.17) is 4.74 Å². The van der Waals surface area contributed by atoms with Crippen LogP contribution in [-0.4, -0.2) is 25.0 Å². The van der Waals surface area contributed by atoms with Gasteiger partial charge in [0.05, 0.1) is 18.6 Å². The third-order valence-corrected chi connectivity index (χ3v) is 5.79. The van der Waals surface area contributed by atoms with E-state index in [0.717, 1.165) is 41.1 Å². The molecular formula is C24H30N2O2. The molecule has 0 bridgehead atoms. The molecule has 28 heavy (non-hydrogen) atoms. The molecule has 1 aliphatic heterocycles. The summed E-state index contributed by atoms with van der Waals surface area (Å²) in [6.45, 7) is 6.23. The Bertz CT molecular complexity index is 890. The summed E-state index contributed by atoms with van der Waals surface area (Å²) in [5, 5.41) is 3.65. The first kappa shape index (κ1) is 20.0. The summed E-state index contributed by atoms with van der Waals surface area (Å²) in [7, 11) is 3.53. The highest BCUT2D eigenvalue weighted by Crippen LogP contribution is 2.40. The highest BCUT2D eigenvalue weighted by atomic mass is 16.5. The number of carbonyl (C=O) groups excluding carboxylic acids is 1. The summed E-state index contributed by atoms with van der Waals surface area (Å²) >= 11 is 0. The van der Waals surface area contributed by atoms with Gasteiger partial charge in [-0.05, 0) is 61.2 Å². The number of benzene rings is 2. The van der Waals surface area contributed by atoms with Crippen LogP contribution in [0.3, 0.4) is 0 Å². The fourth-order valence-electron chi connectivity index (χ4n) is 4.10. The summed E-state index contributed by atoms with van der Waals surface area (Å²) in [6, 6.07) is 16.5. The number of hydrogen-bond donors (Lipinski definition) is 1. The Hall–Kier alpha value is -2.75. The van der Waals surface area contributed by atoms with Crippen molar-refractivity contribution < 1.29 is 9.53 Å². The molecule has 3 rings (SSSR count). The first-order valence-corrected chi connectivity index (χ1v) is 9.91. The van der Waals surface area contributed by atoms with Gasteiger partial charge in [0.25, 0.3) is 0 Å². The summed E-state index contributed by atoms with van der Waals surface area (Å²) in [4.78, 5) is 14.9. The highest BCUT2D eigenvalue weighted by Gasteiger charge is 2.46. The van der Waals surface area contributed by atoms with Gasteiger partial charge in [-0.1, -0.05) is 43.7 Å². The van der Waals surface area contributed by atoms with Crippen molar-refractivity contribution in [2.24, 2.45) is 5.92 Å². The highest BCUT2D eigenvalue weighted by molar-refractivity contribution is 5.83. The van der Waals surface area contributed by atoms with Gasteiger partial charge >= 0.3 is 0 Å². The van der Waals surface area contributed by atoms with Crippen molar-refractivity contribution in [1.82, 2.24) is 10.2 Å². The predicted molar refractivity (Wildman–Crippen MR) is 114 cm³/mol. The average molecular weight is 379 g/mol. The molecule has 148 valence electrons. The molecule has 1 amide bonds. The largest absolute Gasteiger partial charge is 0.497 e. The minimum Gasteiger partial charge on any atom is -0.497 e. The first-order chi connectivity index (χ1) is 13.4. The van der Waals surface area contributed by atoms with E-state index in [-0.39, 0.29) is 11.8 Å². The van der Waals surface area contributed by atoms with Crippen LogP contribution in [0.2, 0.25) is 0 Å². The van der Waals surface area contributed by atoms with E-state index in [1.54, 1.807) is 12.0 Å². The van der Waals surface area contributed by atoms with Gasteiger partial charge in [0.15, 0.2) is 0 Å². The maximum atomic E-state index is 13.1. The maximum absolute atomic E-state index is 13.1. The van der Waals surface area contributed by atoms with Crippen molar-refractivity contribution in [1.29, 1.82) is 0 Å². The third kappa shape index (κ3) is 3.51. The second-order valence-electron chi connectivity index (χ2n) is 7.55. The maximum Gasteiger partial charge on any atom is 0.233 e. The van der Waals surface area contributed by atoms with Crippen molar-refractivity contribution in [3.63, 3.8) is 0 Å². The van der Waals surface area contributed by atoms with Crippen LogP contribution in [0, 0.1) is 5.92 Å². The van der Waals surface area contributed by atoms with Crippen molar-refractivity contribution in [3.8, 4) is 16.9 Å². The zero-order valence-corrected chi connectivity index (χ0v) is 17.5. The molecule has 1 fully saturated rings. The zero-order valence-electron chi connectivity index (χ0n) is 17.5. The van der Waals surface area contributed by atoms with Gasteiger partial charge in [0.1, 0.15) is 11.6 Å². The standard InChI is InChI=1S/C24H30N2O2/c1-6-10-21-23(27)26(4)22(7-2)25-24(21,3)19-13-8-11-17(15-19)18-12-9-14-20(16-18)28-5/h7-9,11-16,21,25H,6,10H2,1-5H3/b22-7-/t21-,24-/m1/s1. The Balaban J connectivity index is 2.08. The van der Waals surface area contributed by atoms with Crippen molar-refractivity contribution in [2.75, 3.05) is 14.2 Å². The second kappa shape index (κ2) is 8.09. The lowest BCUT2D eigenvalue weighted by atomic mass is 9.74. The SMILES string of the molecule is C/C=C1/N[C@](C)(c2cccc(-c3cccc(OC)c3)c2)[C@H](CCC)C(=O)N1C. The van der Waals surface area contributed by atoms with Gasteiger partial charge in [0, 0.05) is 7.05 Å². The van der Waals surface area contributed by atoms with E-state index in [1.165, 1.54) is 0 Å². The zero-order chi connectivity index (χ0) is 20.3. The van der Waals surface area contributed by atoms with Gasteiger partial charge in [-0.3, -0.25) is 4.79 Å². The lowest BCUT2D eigenvalue weighted by molar-refractivity contribution is -0.139. The van der Waals surface area contributed by atoms with Crippen molar-refractivity contribution in [2.45, 2.75) is 39.2 Å². The Labute approximate surface area is 168 Å². The minimum atomic E-state index is -0.462. The van der Waals surface area contributed by atoms with Crippen molar-refractivity contribution in [3.05, 3.63) is 66.0 Å². The number of allylic oxidation sites excluding steroid dienone is 1. The lowest BCUT2D eigenvalue weighted by Crippen LogP contribution is -2.59. The molecule has 1 saturated heterocycles. The summed E-state index contributed by atoms with van der Waals surface area (Å²) in [5.41, 5.74) is 2.87. The molecule has 0 radical (unpaired) electrons. The van der Waals surface area contributed by atoms with Gasteiger partial charge in [-0.25, -0.2) is 0 Å². The number of nitrogens with one attached hydrogen (secondary N) is 1. The number of ether oxygens (including phenoxy) is 1. The Morgan fingerprint density at radius 3 is 2.50 bits per heavy atom. The molecule has 0 aromatic heterocycles. The Morgan fingerprint density at radius 1 is 1.18 bits per heavy atom.